The number of halogens is 13. The number of hydrogen-bond donors (Lipinski definition) is 1. The van der Waals surface area contributed by atoms with E-state index in [-0.39, 0.29) is 6.54 Å². The van der Waals surface area contributed by atoms with Gasteiger partial charge in [0.05, 0.1) is 0 Å². The van der Waals surface area contributed by atoms with Gasteiger partial charge in [0.2, 0.25) is 5.91 Å². The SMILES string of the molecule is CN(C)CCNC(=O)COC(C(F)(F)F)(C(F)(F)F)C(F)(F)C(F)(F)C(F)(F)F. The van der Waals surface area contributed by atoms with Gasteiger partial charge in [0, 0.05) is 13.1 Å². The number of carbonyl (C=O) groups is 1. The van der Waals surface area contributed by atoms with Crippen LogP contribution >= 0.6 is 0 Å². The normalized spacial score (nSPS) is 15.0. The quantitative estimate of drug-likeness (QED) is 0.561. The maximum atomic E-state index is 13.6. The van der Waals surface area contributed by atoms with Crippen molar-refractivity contribution in [3.8, 4) is 0 Å². The first-order valence-corrected chi connectivity index (χ1v) is 7.07. The van der Waals surface area contributed by atoms with Crippen LogP contribution in [-0.4, -0.2) is 80.6 Å². The molecule has 4 nitrogen and oxygen atoms in total. The van der Waals surface area contributed by atoms with E-state index in [0.717, 1.165) is 0 Å². The van der Waals surface area contributed by atoms with Gasteiger partial charge in [-0.05, 0) is 14.1 Å². The topological polar surface area (TPSA) is 41.6 Å². The summed E-state index contributed by atoms with van der Waals surface area (Å²) in [6.07, 6.45) is -22.6. The van der Waals surface area contributed by atoms with Crippen molar-refractivity contribution in [2.24, 2.45) is 0 Å². The highest BCUT2D eigenvalue weighted by atomic mass is 19.4. The summed E-state index contributed by atoms with van der Waals surface area (Å²) in [5, 5.41) is 1.61. The summed E-state index contributed by atoms with van der Waals surface area (Å²) in [5.74, 6) is -17.7. The highest BCUT2D eigenvalue weighted by Gasteiger charge is 2.93. The zero-order chi connectivity index (χ0) is 23.7. The fourth-order valence-electron chi connectivity index (χ4n) is 1.81. The Kier molecular flexibility index (Phi) is 7.88. The third kappa shape index (κ3) is 5.16. The second kappa shape index (κ2) is 8.31. The van der Waals surface area contributed by atoms with Crippen LogP contribution in [0.25, 0.3) is 0 Å². The van der Waals surface area contributed by atoms with Gasteiger partial charge < -0.3 is 15.0 Å². The van der Waals surface area contributed by atoms with Crippen LogP contribution in [0.15, 0.2) is 0 Å². The van der Waals surface area contributed by atoms with E-state index >= 15 is 0 Å². The molecule has 0 spiro atoms. The summed E-state index contributed by atoms with van der Waals surface area (Å²) in [7, 11) is 2.83. The van der Waals surface area contributed by atoms with E-state index in [1.165, 1.54) is 19.0 Å². The Labute approximate surface area is 153 Å². The van der Waals surface area contributed by atoms with Gasteiger partial charge in [0.15, 0.2) is 0 Å². The summed E-state index contributed by atoms with van der Waals surface area (Å²) < 4.78 is 170. The maximum absolute atomic E-state index is 13.6. The van der Waals surface area contributed by atoms with Crippen LogP contribution in [0.4, 0.5) is 57.1 Å². The number of amides is 1. The number of nitrogens with zero attached hydrogens (tertiary/aromatic N) is 1. The number of alkyl halides is 13. The van der Waals surface area contributed by atoms with E-state index < -0.39 is 55.0 Å². The van der Waals surface area contributed by atoms with Crippen molar-refractivity contribution in [3.63, 3.8) is 0 Å². The third-order valence-electron chi connectivity index (χ3n) is 3.29. The van der Waals surface area contributed by atoms with Gasteiger partial charge in [0.25, 0.3) is 0 Å². The first-order chi connectivity index (χ1) is 12.6. The van der Waals surface area contributed by atoms with Crippen molar-refractivity contribution in [1.82, 2.24) is 10.2 Å². The zero-order valence-corrected chi connectivity index (χ0v) is 14.3. The Morgan fingerprint density at radius 3 is 1.48 bits per heavy atom. The lowest BCUT2D eigenvalue weighted by Crippen LogP contribution is -2.76. The van der Waals surface area contributed by atoms with Gasteiger partial charge >= 0.3 is 36.0 Å². The lowest BCUT2D eigenvalue weighted by atomic mass is 9.88. The smallest absolute Gasteiger partial charge is 0.353 e. The Balaban J connectivity index is 6.23. The van der Waals surface area contributed by atoms with E-state index in [1.807, 2.05) is 0 Å². The standard InChI is InChI=1S/C12H13F13N2O2/c1-27(2)4-3-26-6(28)5-29-7(10(17,18)19,11(20,21)22)8(13,14)9(15,16)12(23,24)25/h3-5H2,1-2H3,(H,26,28). The first-order valence-electron chi connectivity index (χ1n) is 7.07. The first kappa shape index (κ1) is 27.5. The van der Waals surface area contributed by atoms with Crippen molar-refractivity contribution in [3.05, 3.63) is 0 Å². The molecule has 0 unspecified atom stereocenters. The molecule has 0 aliphatic rings. The van der Waals surface area contributed by atoms with Gasteiger partial charge in [-0.15, -0.1) is 0 Å². The molecule has 174 valence electrons. The molecule has 0 saturated carbocycles. The van der Waals surface area contributed by atoms with Crippen molar-refractivity contribution in [2.45, 2.75) is 36.0 Å². The Morgan fingerprint density at radius 1 is 0.759 bits per heavy atom. The van der Waals surface area contributed by atoms with Crippen LogP contribution in [0.5, 0.6) is 0 Å². The molecule has 0 fully saturated rings. The van der Waals surface area contributed by atoms with E-state index in [4.69, 9.17) is 0 Å². The molecular formula is C12H13F13N2O2. The highest BCUT2D eigenvalue weighted by molar-refractivity contribution is 5.77. The molecule has 1 N–H and O–H groups in total. The molecule has 0 radical (unpaired) electrons. The van der Waals surface area contributed by atoms with Gasteiger partial charge in [-0.1, -0.05) is 0 Å². The Morgan fingerprint density at radius 2 is 1.17 bits per heavy atom. The minimum absolute atomic E-state index is 0.0439. The minimum Gasteiger partial charge on any atom is -0.353 e. The zero-order valence-electron chi connectivity index (χ0n) is 14.3. The fraction of sp³-hybridized carbons (Fsp3) is 0.917. The average Bonchev–Trinajstić information content (AvgIpc) is 2.42. The maximum Gasteiger partial charge on any atom is 0.460 e. The molecule has 29 heavy (non-hydrogen) atoms. The molecule has 0 saturated heterocycles. The molecule has 0 aromatic rings. The summed E-state index contributed by atoms with van der Waals surface area (Å²) in [6, 6.07) is 0. The number of hydrogen-bond acceptors (Lipinski definition) is 3. The molecule has 0 bridgehead atoms. The van der Waals surface area contributed by atoms with Crippen LogP contribution in [0.3, 0.4) is 0 Å². The van der Waals surface area contributed by atoms with Crippen molar-refractivity contribution in [1.29, 1.82) is 0 Å². The molecule has 0 rings (SSSR count). The van der Waals surface area contributed by atoms with E-state index in [2.05, 4.69) is 4.74 Å². The number of rotatable bonds is 8. The summed E-state index contributed by atoms with van der Waals surface area (Å²) in [4.78, 5) is 12.6. The van der Waals surface area contributed by atoms with Crippen LogP contribution < -0.4 is 5.32 Å². The monoisotopic (exact) mass is 464 g/mol. The Bertz CT molecular complexity index is 552. The molecule has 0 aliphatic carbocycles. The molecule has 1 amide bonds. The molecule has 0 aliphatic heterocycles. The molecule has 0 heterocycles. The van der Waals surface area contributed by atoms with E-state index in [1.54, 1.807) is 5.32 Å². The molecule has 0 atom stereocenters. The predicted octanol–water partition coefficient (Wildman–Crippen LogP) is 3.38. The van der Waals surface area contributed by atoms with Crippen LogP contribution in [0, 0.1) is 0 Å². The number of nitrogens with one attached hydrogen (secondary N) is 1. The third-order valence-corrected chi connectivity index (χ3v) is 3.29. The number of likely N-dealkylation sites (N-methyl/N-ethyl adjacent to an activating group) is 1. The number of ether oxygens (including phenoxy) is 1. The largest absolute Gasteiger partial charge is 0.460 e. The average molecular weight is 464 g/mol. The second-order valence-electron chi connectivity index (χ2n) is 5.77. The van der Waals surface area contributed by atoms with Gasteiger partial charge in [-0.2, -0.15) is 57.1 Å². The lowest BCUT2D eigenvalue weighted by molar-refractivity contribution is -0.479. The van der Waals surface area contributed by atoms with Gasteiger partial charge in [-0.3, -0.25) is 4.79 Å². The summed E-state index contributed by atoms with van der Waals surface area (Å²) in [5.41, 5.74) is -7.34. The highest BCUT2D eigenvalue weighted by Crippen LogP contribution is 2.61. The number of carbonyl (C=O) groups excluding carboxylic acids is 1. The van der Waals surface area contributed by atoms with E-state index in [9.17, 15) is 61.9 Å². The molecule has 0 aromatic heterocycles. The van der Waals surface area contributed by atoms with Gasteiger partial charge in [0.1, 0.15) is 6.61 Å². The van der Waals surface area contributed by atoms with Crippen LogP contribution in [0.2, 0.25) is 0 Å². The Hall–Kier alpha value is -1.52. The van der Waals surface area contributed by atoms with Crippen LogP contribution in [0.1, 0.15) is 0 Å². The second-order valence-corrected chi connectivity index (χ2v) is 5.77. The van der Waals surface area contributed by atoms with Gasteiger partial charge in [-0.25, -0.2) is 0 Å². The van der Waals surface area contributed by atoms with Crippen molar-refractivity contribution in [2.75, 3.05) is 33.8 Å². The van der Waals surface area contributed by atoms with Crippen molar-refractivity contribution < 1.29 is 66.6 Å². The predicted molar refractivity (Wildman–Crippen MR) is 68.3 cm³/mol. The summed E-state index contributed by atoms with van der Waals surface area (Å²) in [6.45, 7) is -3.04. The molecule has 17 heteroatoms. The van der Waals surface area contributed by atoms with E-state index in [0.29, 0.717) is 0 Å². The molecular weight excluding hydrogens is 451 g/mol. The lowest BCUT2D eigenvalue weighted by Gasteiger charge is -2.44. The minimum atomic E-state index is -7.93. The summed E-state index contributed by atoms with van der Waals surface area (Å²) >= 11 is 0. The van der Waals surface area contributed by atoms with Crippen molar-refractivity contribution >= 4 is 5.91 Å². The van der Waals surface area contributed by atoms with Crippen LogP contribution in [-0.2, 0) is 9.53 Å². The molecule has 0 aromatic carbocycles. The fourth-order valence-corrected chi connectivity index (χ4v) is 1.81.